The monoisotopic (exact) mass is 190 g/mol. The molecule has 0 N–H and O–H groups in total. The summed E-state index contributed by atoms with van der Waals surface area (Å²) in [5.74, 6) is 1.95. The van der Waals surface area contributed by atoms with Crippen LogP contribution in [0.2, 0.25) is 0 Å². The van der Waals surface area contributed by atoms with Crippen LogP contribution in [-0.4, -0.2) is 10.7 Å². The highest BCUT2D eigenvalue weighted by Gasteiger charge is 1.90. The first kappa shape index (κ1) is 11.5. The molecule has 2 heteroatoms. The van der Waals surface area contributed by atoms with Gasteiger partial charge in [0, 0.05) is 10.7 Å². The molecule has 0 nitrogen and oxygen atoms in total. The van der Waals surface area contributed by atoms with Gasteiger partial charge in [0.15, 0.2) is 0 Å². The van der Waals surface area contributed by atoms with Gasteiger partial charge < -0.3 is 0 Å². The van der Waals surface area contributed by atoms with E-state index in [4.69, 9.17) is 0 Å². The van der Waals surface area contributed by atoms with Crippen molar-refractivity contribution in [2.24, 2.45) is 5.92 Å². The maximum absolute atomic E-state index is 2.79. The molecule has 11 heavy (non-hydrogen) atoms. The van der Waals surface area contributed by atoms with Crippen LogP contribution in [0.15, 0.2) is 12.2 Å². The first-order chi connectivity index (χ1) is 5.13. The second-order valence-electron chi connectivity index (χ2n) is 3.14. The van der Waals surface area contributed by atoms with Crippen molar-refractivity contribution in [3.63, 3.8) is 0 Å². The van der Waals surface area contributed by atoms with Gasteiger partial charge in [0.05, 0.1) is 0 Å². The van der Waals surface area contributed by atoms with Crippen LogP contribution in [0, 0.1) is 5.92 Å². The van der Waals surface area contributed by atoms with Crippen molar-refractivity contribution in [1.29, 1.82) is 0 Å². The molecular weight excluding hydrogens is 171 g/mol. The van der Waals surface area contributed by atoms with Crippen molar-refractivity contribution < 1.29 is 0 Å². The molecule has 0 spiro atoms. The van der Waals surface area contributed by atoms with Crippen LogP contribution in [0.25, 0.3) is 0 Å². The maximum atomic E-state index is 2.79. The SMILES string of the molecule is CC(C)C/C=C\CSC(C)P. The van der Waals surface area contributed by atoms with E-state index in [9.17, 15) is 0 Å². The normalized spacial score (nSPS) is 14.6. The van der Waals surface area contributed by atoms with E-state index >= 15 is 0 Å². The highest BCUT2D eigenvalue weighted by atomic mass is 32.2. The fourth-order valence-corrected chi connectivity index (χ4v) is 1.53. The molecule has 0 aliphatic rings. The molecule has 0 aromatic rings. The Hall–Kier alpha value is 0.520. The Morgan fingerprint density at radius 1 is 1.27 bits per heavy atom. The van der Waals surface area contributed by atoms with E-state index in [1.54, 1.807) is 0 Å². The topological polar surface area (TPSA) is 0 Å². The van der Waals surface area contributed by atoms with Crippen molar-refractivity contribution in [3.05, 3.63) is 12.2 Å². The van der Waals surface area contributed by atoms with E-state index in [2.05, 4.69) is 42.2 Å². The predicted molar refractivity (Wildman–Crippen MR) is 60.2 cm³/mol. The summed E-state index contributed by atoms with van der Waals surface area (Å²) >= 11 is 1.96. The van der Waals surface area contributed by atoms with Gasteiger partial charge in [-0.05, 0) is 19.3 Å². The van der Waals surface area contributed by atoms with Gasteiger partial charge in [-0.3, -0.25) is 0 Å². The zero-order valence-electron chi connectivity index (χ0n) is 7.71. The molecule has 0 saturated heterocycles. The Morgan fingerprint density at radius 3 is 2.36 bits per heavy atom. The van der Waals surface area contributed by atoms with Crippen LogP contribution in [0.3, 0.4) is 0 Å². The van der Waals surface area contributed by atoms with E-state index in [-0.39, 0.29) is 0 Å². The molecule has 0 aromatic carbocycles. The van der Waals surface area contributed by atoms with Crippen LogP contribution in [0.4, 0.5) is 0 Å². The largest absolute Gasteiger partial charge is 0.151 e. The molecule has 0 aliphatic carbocycles. The van der Waals surface area contributed by atoms with E-state index < -0.39 is 0 Å². The van der Waals surface area contributed by atoms with Gasteiger partial charge in [-0.15, -0.1) is 9.24 Å². The number of hydrogen-bond acceptors (Lipinski definition) is 1. The Bertz CT molecular complexity index is 108. The molecule has 0 amide bonds. The Kier molecular flexibility index (Phi) is 7.52. The van der Waals surface area contributed by atoms with Gasteiger partial charge in [-0.2, -0.15) is 11.8 Å². The third kappa shape index (κ3) is 10.5. The summed E-state index contributed by atoms with van der Waals surface area (Å²) in [6, 6.07) is 0. The van der Waals surface area contributed by atoms with Crippen LogP contribution in [-0.2, 0) is 0 Å². The Balaban J connectivity index is 3.17. The second-order valence-corrected chi connectivity index (χ2v) is 6.03. The minimum atomic E-state index is 0.679. The molecule has 2 atom stereocenters. The number of rotatable bonds is 5. The lowest BCUT2D eigenvalue weighted by atomic mass is 10.1. The lowest BCUT2D eigenvalue weighted by Gasteiger charge is -2.00. The van der Waals surface area contributed by atoms with Crippen molar-refractivity contribution in [2.45, 2.75) is 32.2 Å². The van der Waals surface area contributed by atoms with Gasteiger partial charge in [-0.1, -0.05) is 26.0 Å². The number of hydrogen-bond donors (Lipinski definition) is 0. The van der Waals surface area contributed by atoms with Gasteiger partial charge in [0.25, 0.3) is 0 Å². The van der Waals surface area contributed by atoms with E-state index in [1.165, 1.54) is 6.42 Å². The van der Waals surface area contributed by atoms with Crippen molar-refractivity contribution in [1.82, 2.24) is 0 Å². The van der Waals surface area contributed by atoms with Crippen LogP contribution in [0.1, 0.15) is 27.2 Å². The zero-order valence-corrected chi connectivity index (χ0v) is 9.68. The quantitative estimate of drug-likeness (QED) is 0.472. The first-order valence-electron chi connectivity index (χ1n) is 4.15. The van der Waals surface area contributed by atoms with E-state index in [0.717, 1.165) is 11.7 Å². The molecule has 0 bridgehead atoms. The summed E-state index contributed by atoms with van der Waals surface area (Å²) in [6.45, 7) is 6.69. The Morgan fingerprint density at radius 2 is 1.91 bits per heavy atom. The summed E-state index contributed by atoms with van der Waals surface area (Å²) in [4.78, 5) is 0.679. The first-order valence-corrected chi connectivity index (χ1v) is 5.86. The molecule has 0 rings (SSSR count). The fourth-order valence-electron chi connectivity index (χ4n) is 0.644. The summed E-state index contributed by atoms with van der Waals surface area (Å²) < 4.78 is 0. The predicted octanol–water partition coefficient (Wildman–Crippen LogP) is 3.54. The standard InChI is InChI=1S/C9H19PS/c1-8(2)6-4-5-7-11-9(3)10/h4-5,8-9H,6-7,10H2,1-3H3/b5-4-. The van der Waals surface area contributed by atoms with Gasteiger partial charge >= 0.3 is 0 Å². The molecule has 66 valence electrons. The third-order valence-electron chi connectivity index (χ3n) is 1.23. The molecule has 2 unspecified atom stereocenters. The molecule has 0 heterocycles. The smallest absolute Gasteiger partial charge is 0.0165 e. The van der Waals surface area contributed by atoms with Crippen molar-refractivity contribution in [3.8, 4) is 0 Å². The van der Waals surface area contributed by atoms with Gasteiger partial charge in [-0.25, -0.2) is 0 Å². The lowest BCUT2D eigenvalue weighted by Crippen LogP contribution is -1.84. The summed E-state index contributed by atoms with van der Waals surface area (Å²) in [5.41, 5.74) is 0. The average molecular weight is 190 g/mol. The van der Waals surface area contributed by atoms with Crippen LogP contribution < -0.4 is 0 Å². The lowest BCUT2D eigenvalue weighted by molar-refractivity contribution is 0.663. The number of thioether (sulfide) groups is 1. The van der Waals surface area contributed by atoms with Crippen molar-refractivity contribution >= 4 is 21.0 Å². The summed E-state index contributed by atoms with van der Waals surface area (Å²) in [7, 11) is 2.79. The van der Waals surface area contributed by atoms with E-state index in [0.29, 0.717) is 4.99 Å². The number of allylic oxidation sites excluding steroid dienone is 1. The molecule has 0 aliphatic heterocycles. The summed E-state index contributed by atoms with van der Waals surface area (Å²) in [6.07, 6.45) is 5.77. The minimum Gasteiger partial charge on any atom is -0.151 e. The molecule has 0 aromatic heterocycles. The van der Waals surface area contributed by atoms with Crippen LogP contribution >= 0.6 is 21.0 Å². The summed E-state index contributed by atoms with van der Waals surface area (Å²) in [5, 5.41) is 0. The van der Waals surface area contributed by atoms with Crippen molar-refractivity contribution in [2.75, 3.05) is 5.75 Å². The average Bonchev–Trinajstić information content (AvgIpc) is 1.85. The third-order valence-corrected chi connectivity index (χ3v) is 2.72. The highest BCUT2D eigenvalue weighted by Crippen LogP contribution is 2.16. The van der Waals surface area contributed by atoms with E-state index in [1.807, 2.05) is 11.8 Å². The fraction of sp³-hybridized carbons (Fsp3) is 0.778. The van der Waals surface area contributed by atoms with Crippen LogP contribution in [0.5, 0.6) is 0 Å². The molecular formula is C9H19PS. The molecule has 0 fully saturated rings. The molecule has 0 radical (unpaired) electrons. The molecule has 0 saturated carbocycles. The van der Waals surface area contributed by atoms with Gasteiger partial charge in [0.2, 0.25) is 0 Å². The zero-order chi connectivity index (χ0) is 8.69. The van der Waals surface area contributed by atoms with Gasteiger partial charge in [0.1, 0.15) is 0 Å². The Labute approximate surface area is 77.4 Å². The minimum absolute atomic E-state index is 0.679. The maximum Gasteiger partial charge on any atom is 0.0165 e. The second kappa shape index (κ2) is 7.18. The highest BCUT2D eigenvalue weighted by molar-refractivity contribution is 8.03.